The third-order valence-electron chi connectivity index (χ3n) is 5.38. The minimum Gasteiger partial charge on any atom is -0.379 e. The van der Waals surface area contributed by atoms with E-state index in [1.54, 1.807) is 23.1 Å². The van der Waals surface area contributed by atoms with Gasteiger partial charge >= 0.3 is 0 Å². The number of nitrogens with zero attached hydrogens (tertiary/aromatic N) is 2. The number of benzene rings is 2. The lowest BCUT2D eigenvalue weighted by Gasteiger charge is -2.31. The van der Waals surface area contributed by atoms with Crippen molar-refractivity contribution in [2.45, 2.75) is 12.0 Å². The summed E-state index contributed by atoms with van der Waals surface area (Å²) in [6, 6.07) is 16.6. The number of anilines is 1. The number of morpholine rings is 1. The molecule has 29 heavy (non-hydrogen) atoms. The number of carbonyl (C=O) groups is 2. The summed E-state index contributed by atoms with van der Waals surface area (Å²) in [7, 11) is 0. The quantitative estimate of drug-likeness (QED) is 0.763. The molecule has 0 radical (unpaired) electrons. The van der Waals surface area contributed by atoms with E-state index in [9.17, 15) is 14.7 Å². The average molecular weight is 392 g/mol. The second-order valence-electron chi connectivity index (χ2n) is 7.37. The fourth-order valence-corrected chi connectivity index (χ4v) is 3.82. The van der Waals surface area contributed by atoms with Crippen molar-refractivity contribution in [3.63, 3.8) is 0 Å². The summed E-state index contributed by atoms with van der Waals surface area (Å²) in [5.41, 5.74) is 0.187. The summed E-state index contributed by atoms with van der Waals surface area (Å²) >= 11 is 0. The molecule has 6 heteroatoms. The van der Waals surface area contributed by atoms with Crippen LogP contribution in [0, 0.1) is 0 Å². The van der Waals surface area contributed by atoms with Crippen molar-refractivity contribution >= 4 is 23.5 Å². The molecular weight excluding hydrogens is 368 g/mol. The van der Waals surface area contributed by atoms with Crippen LogP contribution in [-0.4, -0.2) is 54.7 Å². The smallest absolute Gasteiger partial charge is 0.265 e. The van der Waals surface area contributed by atoms with Crippen molar-refractivity contribution < 1.29 is 19.4 Å². The number of hydrogen-bond donors (Lipinski definition) is 1. The highest BCUT2D eigenvalue weighted by Gasteiger charge is 2.50. The highest BCUT2D eigenvalue weighted by molar-refractivity contribution is 6.10. The predicted octanol–water partition coefficient (Wildman–Crippen LogP) is 2.18. The zero-order chi connectivity index (χ0) is 20.3. The summed E-state index contributed by atoms with van der Waals surface area (Å²) < 4.78 is 5.37. The molecule has 1 N–H and O–H groups in total. The van der Waals surface area contributed by atoms with Crippen molar-refractivity contribution in [3.05, 3.63) is 71.8 Å². The molecule has 1 atom stereocenters. The predicted molar refractivity (Wildman–Crippen MR) is 110 cm³/mol. The molecule has 0 aliphatic carbocycles. The van der Waals surface area contributed by atoms with E-state index in [0.717, 1.165) is 18.7 Å². The van der Waals surface area contributed by atoms with E-state index < -0.39 is 11.5 Å². The van der Waals surface area contributed by atoms with Gasteiger partial charge in [0.25, 0.3) is 5.91 Å². The third kappa shape index (κ3) is 4.00. The van der Waals surface area contributed by atoms with Gasteiger partial charge in [-0.05, 0) is 17.7 Å². The van der Waals surface area contributed by atoms with Gasteiger partial charge in [0.2, 0.25) is 0 Å². The molecule has 0 spiro atoms. The molecule has 4 rings (SSSR count). The summed E-state index contributed by atoms with van der Waals surface area (Å²) in [5.74, 6) is -0.751. The molecule has 6 nitrogen and oxygen atoms in total. The highest BCUT2D eigenvalue weighted by Crippen LogP contribution is 2.42. The van der Waals surface area contributed by atoms with Crippen LogP contribution in [0.25, 0.3) is 6.08 Å². The standard InChI is InChI=1S/C23H24N2O4/c26-19(11-10-18-6-2-1-3-7-18)16-23(28)20-8-4-5-9-21(20)25(22(23)27)17-24-12-14-29-15-13-24/h1-11,28H,12-17H2/b11-10+/t23-/m0/s1. The van der Waals surface area contributed by atoms with Crippen LogP contribution in [0.2, 0.25) is 0 Å². The van der Waals surface area contributed by atoms with Crippen LogP contribution >= 0.6 is 0 Å². The van der Waals surface area contributed by atoms with Crippen molar-refractivity contribution in [3.8, 4) is 0 Å². The minimum atomic E-state index is -1.85. The molecule has 0 bridgehead atoms. The molecule has 0 unspecified atom stereocenters. The lowest BCUT2D eigenvalue weighted by atomic mass is 9.90. The molecule has 0 aromatic heterocycles. The first-order valence-electron chi connectivity index (χ1n) is 9.78. The Kier molecular flexibility index (Phi) is 5.58. The van der Waals surface area contributed by atoms with Gasteiger partial charge in [0, 0.05) is 18.7 Å². The van der Waals surface area contributed by atoms with Gasteiger partial charge in [-0.15, -0.1) is 0 Å². The number of allylic oxidation sites excluding steroid dienone is 1. The maximum absolute atomic E-state index is 13.2. The highest BCUT2D eigenvalue weighted by atomic mass is 16.5. The van der Waals surface area contributed by atoms with Crippen LogP contribution in [0.4, 0.5) is 5.69 Å². The van der Waals surface area contributed by atoms with Gasteiger partial charge in [-0.3, -0.25) is 19.4 Å². The number of ether oxygens (including phenoxy) is 1. The summed E-state index contributed by atoms with van der Waals surface area (Å²) in [5, 5.41) is 11.3. The summed E-state index contributed by atoms with van der Waals surface area (Å²) in [6.45, 7) is 3.06. The Morgan fingerprint density at radius 3 is 2.52 bits per heavy atom. The number of carbonyl (C=O) groups excluding carboxylic acids is 2. The molecule has 2 aromatic carbocycles. The second-order valence-corrected chi connectivity index (χ2v) is 7.37. The van der Waals surface area contributed by atoms with Crippen molar-refractivity contribution in [2.24, 2.45) is 0 Å². The fourth-order valence-electron chi connectivity index (χ4n) is 3.82. The van der Waals surface area contributed by atoms with Gasteiger partial charge in [0.05, 0.1) is 32.0 Å². The Labute approximate surface area is 170 Å². The average Bonchev–Trinajstić information content (AvgIpc) is 2.96. The Morgan fingerprint density at radius 2 is 1.76 bits per heavy atom. The topological polar surface area (TPSA) is 70.1 Å². The monoisotopic (exact) mass is 392 g/mol. The van der Waals surface area contributed by atoms with Crippen LogP contribution < -0.4 is 4.90 Å². The molecular formula is C23H24N2O4. The minimum absolute atomic E-state index is 0.286. The molecule has 1 saturated heterocycles. The maximum atomic E-state index is 13.2. The first-order valence-corrected chi connectivity index (χ1v) is 9.78. The van der Waals surface area contributed by atoms with Crippen LogP contribution in [0.5, 0.6) is 0 Å². The van der Waals surface area contributed by atoms with Gasteiger partial charge in [-0.1, -0.05) is 54.6 Å². The first-order chi connectivity index (χ1) is 14.1. The van der Waals surface area contributed by atoms with E-state index in [0.29, 0.717) is 31.1 Å². The van der Waals surface area contributed by atoms with Crippen molar-refractivity contribution in [2.75, 3.05) is 37.9 Å². The van der Waals surface area contributed by atoms with Gasteiger partial charge in [0.15, 0.2) is 11.4 Å². The molecule has 2 heterocycles. The summed E-state index contributed by atoms with van der Waals surface area (Å²) in [4.78, 5) is 29.5. The van der Waals surface area contributed by atoms with E-state index in [-0.39, 0.29) is 12.2 Å². The number of fused-ring (bicyclic) bond motifs is 1. The molecule has 0 saturated carbocycles. The first kappa shape index (κ1) is 19.5. The lowest BCUT2D eigenvalue weighted by molar-refractivity contribution is -0.141. The number of para-hydroxylation sites is 1. The SMILES string of the molecule is O=C(/C=C/c1ccccc1)C[C@@]1(O)C(=O)N(CN2CCOCC2)c2ccccc21. The zero-order valence-corrected chi connectivity index (χ0v) is 16.2. The largest absolute Gasteiger partial charge is 0.379 e. The molecule has 2 aliphatic rings. The van der Waals surface area contributed by atoms with Crippen LogP contribution in [-0.2, 0) is 19.9 Å². The van der Waals surface area contributed by atoms with Crippen LogP contribution in [0.1, 0.15) is 17.5 Å². The van der Waals surface area contributed by atoms with E-state index in [4.69, 9.17) is 4.74 Å². The van der Waals surface area contributed by atoms with Gasteiger partial charge < -0.3 is 9.84 Å². The molecule has 1 amide bonds. The number of ketones is 1. The maximum Gasteiger partial charge on any atom is 0.265 e. The molecule has 2 aliphatic heterocycles. The molecule has 150 valence electrons. The van der Waals surface area contributed by atoms with Crippen molar-refractivity contribution in [1.82, 2.24) is 4.90 Å². The fraction of sp³-hybridized carbons (Fsp3) is 0.304. The van der Waals surface area contributed by atoms with Gasteiger partial charge in [0.1, 0.15) is 0 Å². The number of rotatable bonds is 6. The molecule has 1 fully saturated rings. The third-order valence-corrected chi connectivity index (χ3v) is 5.38. The number of amides is 1. The van der Waals surface area contributed by atoms with Gasteiger partial charge in [-0.2, -0.15) is 0 Å². The Morgan fingerprint density at radius 1 is 1.07 bits per heavy atom. The summed E-state index contributed by atoms with van der Waals surface area (Å²) in [6.07, 6.45) is 2.84. The Hall–Kier alpha value is -2.80. The second kappa shape index (κ2) is 8.29. The van der Waals surface area contributed by atoms with Gasteiger partial charge in [-0.25, -0.2) is 0 Å². The normalized spacial score (nSPS) is 22.2. The zero-order valence-electron chi connectivity index (χ0n) is 16.2. The number of hydrogen-bond acceptors (Lipinski definition) is 5. The van der Waals surface area contributed by atoms with Crippen LogP contribution in [0.3, 0.4) is 0 Å². The Bertz CT molecular complexity index is 921. The van der Waals surface area contributed by atoms with E-state index in [2.05, 4.69) is 4.90 Å². The van der Waals surface area contributed by atoms with E-state index in [1.165, 1.54) is 6.08 Å². The Balaban J connectivity index is 1.54. The lowest BCUT2D eigenvalue weighted by Crippen LogP contribution is -2.48. The number of aliphatic hydroxyl groups is 1. The molecule has 2 aromatic rings. The van der Waals surface area contributed by atoms with Crippen molar-refractivity contribution in [1.29, 1.82) is 0 Å². The van der Waals surface area contributed by atoms with Crippen LogP contribution in [0.15, 0.2) is 60.7 Å². The van der Waals surface area contributed by atoms with E-state index in [1.807, 2.05) is 42.5 Å². The van der Waals surface area contributed by atoms with E-state index >= 15 is 0 Å².